The van der Waals surface area contributed by atoms with Crippen LogP contribution in [-0.2, 0) is 16.6 Å². The summed E-state index contributed by atoms with van der Waals surface area (Å²) in [5, 5.41) is 0. The maximum atomic E-state index is 12.4. The summed E-state index contributed by atoms with van der Waals surface area (Å²) in [4.78, 5) is 0.363. The highest BCUT2D eigenvalue weighted by atomic mass is 32.2. The van der Waals surface area contributed by atoms with Crippen molar-refractivity contribution in [1.82, 2.24) is 4.72 Å². The minimum Gasteiger partial charge on any atom is -0.326 e. The Kier molecular flexibility index (Phi) is 4.83. The van der Waals surface area contributed by atoms with Crippen molar-refractivity contribution in [2.24, 2.45) is 11.7 Å². The van der Waals surface area contributed by atoms with Crippen molar-refractivity contribution in [2.75, 3.05) is 6.54 Å². The summed E-state index contributed by atoms with van der Waals surface area (Å²) >= 11 is 0. The van der Waals surface area contributed by atoms with Crippen LogP contribution in [0.25, 0.3) is 0 Å². The minimum absolute atomic E-state index is 0.358. The van der Waals surface area contributed by atoms with E-state index in [0.29, 0.717) is 23.9 Å². The second kappa shape index (κ2) is 6.24. The first kappa shape index (κ1) is 15.5. The van der Waals surface area contributed by atoms with Gasteiger partial charge in [0.05, 0.1) is 4.90 Å². The SMILES string of the molecule is Cc1cc(C)c(S(=O)(=O)NCC2CCCC2)cc1CN. The van der Waals surface area contributed by atoms with E-state index in [2.05, 4.69) is 4.72 Å². The summed E-state index contributed by atoms with van der Waals surface area (Å²) in [6.07, 6.45) is 4.69. The van der Waals surface area contributed by atoms with Crippen molar-refractivity contribution in [3.05, 3.63) is 28.8 Å². The molecule has 5 heteroatoms. The lowest BCUT2D eigenvalue weighted by molar-refractivity contribution is 0.519. The normalized spacial score (nSPS) is 16.8. The minimum atomic E-state index is -3.43. The first-order valence-corrected chi connectivity index (χ1v) is 8.72. The van der Waals surface area contributed by atoms with Crippen LogP contribution in [0.4, 0.5) is 0 Å². The molecule has 1 aromatic rings. The molecule has 0 aliphatic heterocycles. The van der Waals surface area contributed by atoms with Crippen LogP contribution in [0, 0.1) is 19.8 Å². The maximum absolute atomic E-state index is 12.4. The van der Waals surface area contributed by atoms with Gasteiger partial charge in [0.25, 0.3) is 0 Å². The first-order chi connectivity index (χ1) is 9.44. The fourth-order valence-electron chi connectivity index (χ4n) is 2.90. The molecule has 1 aromatic carbocycles. The number of hydrogen-bond acceptors (Lipinski definition) is 3. The molecule has 1 aliphatic carbocycles. The van der Waals surface area contributed by atoms with Crippen molar-refractivity contribution in [3.8, 4) is 0 Å². The predicted molar refractivity (Wildman–Crippen MR) is 81.0 cm³/mol. The van der Waals surface area contributed by atoms with Gasteiger partial charge in [0.1, 0.15) is 0 Å². The van der Waals surface area contributed by atoms with Crippen LogP contribution in [0.3, 0.4) is 0 Å². The van der Waals surface area contributed by atoms with E-state index in [1.165, 1.54) is 12.8 Å². The molecule has 0 aromatic heterocycles. The number of sulfonamides is 1. The van der Waals surface area contributed by atoms with Crippen LogP contribution >= 0.6 is 0 Å². The molecule has 0 unspecified atom stereocenters. The number of aryl methyl sites for hydroxylation is 2. The second-order valence-corrected chi connectivity index (χ2v) is 7.49. The second-order valence-electron chi connectivity index (χ2n) is 5.75. The average Bonchev–Trinajstić information content (AvgIpc) is 2.89. The Morgan fingerprint density at radius 3 is 2.45 bits per heavy atom. The van der Waals surface area contributed by atoms with Gasteiger partial charge in [-0.05, 0) is 55.4 Å². The van der Waals surface area contributed by atoms with Crippen LogP contribution in [0.1, 0.15) is 42.4 Å². The quantitative estimate of drug-likeness (QED) is 0.875. The van der Waals surface area contributed by atoms with Crippen molar-refractivity contribution >= 4 is 10.0 Å². The number of nitrogens with two attached hydrogens (primary N) is 1. The number of nitrogens with one attached hydrogen (secondary N) is 1. The molecular weight excluding hydrogens is 272 g/mol. The Hall–Kier alpha value is -0.910. The lowest BCUT2D eigenvalue weighted by Crippen LogP contribution is -2.29. The van der Waals surface area contributed by atoms with Gasteiger partial charge in [0.15, 0.2) is 0 Å². The molecule has 112 valence electrons. The van der Waals surface area contributed by atoms with Gasteiger partial charge >= 0.3 is 0 Å². The van der Waals surface area contributed by atoms with Crippen molar-refractivity contribution in [3.63, 3.8) is 0 Å². The third-order valence-electron chi connectivity index (χ3n) is 4.18. The molecule has 0 radical (unpaired) electrons. The highest BCUT2D eigenvalue weighted by molar-refractivity contribution is 7.89. The average molecular weight is 296 g/mol. The van der Waals surface area contributed by atoms with Gasteiger partial charge in [-0.15, -0.1) is 0 Å². The lowest BCUT2D eigenvalue weighted by Gasteiger charge is -2.15. The summed E-state index contributed by atoms with van der Waals surface area (Å²) in [5.74, 6) is 0.490. The zero-order valence-electron chi connectivity index (χ0n) is 12.3. The fourth-order valence-corrected chi connectivity index (χ4v) is 4.29. The van der Waals surface area contributed by atoms with E-state index in [0.717, 1.165) is 29.5 Å². The van der Waals surface area contributed by atoms with Crippen LogP contribution in [0.5, 0.6) is 0 Å². The molecule has 3 N–H and O–H groups in total. The molecule has 0 bridgehead atoms. The Labute approximate surface area is 121 Å². The van der Waals surface area contributed by atoms with Gasteiger partial charge < -0.3 is 5.73 Å². The van der Waals surface area contributed by atoms with Gasteiger partial charge in [0, 0.05) is 13.1 Å². The van der Waals surface area contributed by atoms with Gasteiger partial charge in [-0.25, -0.2) is 13.1 Å². The Bertz CT molecular complexity index is 576. The molecule has 1 saturated carbocycles. The third-order valence-corrected chi connectivity index (χ3v) is 5.75. The van der Waals surface area contributed by atoms with E-state index in [4.69, 9.17) is 5.73 Å². The van der Waals surface area contributed by atoms with Crippen LogP contribution in [-0.4, -0.2) is 15.0 Å². The van der Waals surface area contributed by atoms with Crippen molar-refractivity contribution in [1.29, 1.82) is 0 Å². The van der Waals surface area contributed by atoms with Gasteiger partial charge in [-0.1, -0.05) is 18.9 Å². The van der Waals surface area contributed by atoms with Crippen molar-refractivity contribution < 1.29 is 8.42 Å². The van der Waals surface area contributed by atoms with Crippen molar-refractivity contribution in [2.45, 2.75) is 51.0 Å². The molecule has 4 nitrogen and oxygen atoms in total. The van der Waals surface area contributed by atoms with E-state index in [9.17, 15) is 8.42 Å². The van der Waals surface area contributed by atoms with E-state index < -0.39 is 10.0 Å². The zero-order chi connectivity index (χ0) is 14.8. The van der Waals surface area contributed by atoms with E-state index in [1.807, 2.05) is 19.9 Å². The summed E-state index contributed by atoms with van der Waals surface area (Å²) in [6.45, 7) is 4.69. The van der Waals surface area contributed by atoms with E-state index >= 15 is 0 Å². The molecule has 1 aliphatic rings. The Morgan fingerprint density at radius 2 is 1.85 bits per heavy atom. The summed E-state index contributed by atoms with van der Waals surface area (Å²) in [7, 11) is -3.43. The topological polar surface area (TPSA) is 72.2 Å². The molecule has 0 heterocycles. The molecule has 0 atom stereocenters. The van der Waals surface area contributed by atoms with Crippen LogP contribution < -0.4 is 10.5 Å². The van der Waals surface area contributed by atoms with E-state index in [1.54, 1.807) is 6.07 Å². The molecular formula is C15H24N2O2S. The Balaban J connectivity index is 2.19. The van der Waals surface area contributed by atoms with Gasteiger partial charge in [-0.2, -0.15) is 0 Å². The summed E-state index contributed by atoms with van der Waals surface area (Å²) in [6, 6.07) is 3.61. The van der Waals surface area contributed by atoms with Crippen LogP contribution in [0.2, 0.25) is 0 Å². The summed E-state index contributed by atoms with van der Waals surface area (Å²) in [5.41, 5.74) is 8.38. The number of rotatable bonds is 5. The fraction of sp³-hybridized carbons (Fsp3) is 0.600. The lowest BCUT2D eigenvalue weighted by atomic mass is 10.1. The van der Waals surface area contributed by atoms with Crippen LogP contribution in [0.15, 0.2) is 17.0 Å². The highest BCUT2D eigenvalue weighted by Gasteiger charge is 2.21. The monoisotopic (exact) mass is 296 g/mol. The molecule has 0 saturated heterocycles. The molecule has 2 rings (SSSR count). The predicted octanol–water partition coefficient (Wildman–Crippen LogP) is 2.23. The largest absolute Gasteiger partial charge is 0.326 e. The molecule has 20 heavy (non-hydrogen) atoms. The van der Waals surface area contributed by atoms with Gasteiger partial charge in [0.2, 0.25) is 10.0 Å². The first-order valence-electron chi connectivity index (χ1n) is 7.24. The number of hydrogen-bond donors (Lipinski definition) is 2. The molecule has 1 fully saturated rings. The zero-order valence-corrected chi connectivity index (χ0v) is 13.1. The standard InChI is InChI=1S/C15H24N2O2S/c1-11-7-12(2)15(8-14(11)9-16)20(18,19)17-10-13-5-3-4-6-13/h7-8,13,17H,3-6,9-10,16H2,1-2H3. The Morgan fingerprint density at radius 1 is 1.20 bits per heavy atom. The third kappa shape index (κ3) is 3.40. The summed E-state index contributed by atoms with van der Waals surface area (Å²) < 4.78 is 27.6. The smallest absolute Gasteiger partial charge is 0.240 e. The molecule has 0 amide bonds. The maximum Gasteiger partial charge on any atom is 0.240 e. The highest BCUT2D eigenvalue weighted by Crippen LogP contribution is 2.25. The number of benzene rings is 1. The van der Waals surface area contributed by atoms with Gasteiger partial charge in [-0.3, -0.25) is 0 Å². The van der Waals surface area contributed by atoms with E-state index in [-0.39, 0.29) is 0 Å². The molecule has 0 spiro atoms.